The van der Waals surface area contributed by atoms with Gasteiger partial charge in [0.05, 0.1) is 11.1 Å². The Morgan fingerprint density at radius 2 is 1.74 bits per heavy atom. The molecule has 0 amide bonds. The summed E-state index contributed by atoms with van der Waals surface area (Å²) in [6, 6.07) is 8.65. The molecule has 0 bridgehead atoms. The number of aliphatic hydroxyl groups excluding tert-OH is 1. The van der Waals surface area contributed by atoms with Crippen LogP contribution in [0.25, 0.3) is 0 Å². The average Bonchev–Trinajstić information content (AvgIpc) is 2.88. The minimum Gasteiger partial charge on any atom is -0.508 e. The summed E-state index contributed by atoms with van der Waals surface area (Å²) in [4.78, 5) is 39.4. The van der Waals surface area contributed by atoms with Gasteiger partial charge in [0.25, 0.3) is 0 Å². The Labute approximate surface area is 226 Å². The zero-order valence-electron chi connectivity index (χ0n) is 22.3. The third-order valence-corrected chi connectivity index (χ3v) is 8.55. The maximum atomic E-state index is 13.9. The highest BCUT2D eigenvalue weighted by Crippen LogP contribution is 2.52. The van der Waals surface area contributed by atoms with Crippen molar-refractivity contribution in [3.8, 4) is 11.5 Å². The quantitative estimate of drug-likeness (QED) is 0.355. The molecule has 0 heterocycles. The van der Waals surface area contributed by atoms with E-state index in [0.717, 1.165) is 16.7 Å². The summed E-state index contributed by atoms with van der Waals surface area (Å²) in [5, 5.41) is 46.9. The van der Waals surface area contributed by atoms with Crippen molar-refractivity contribution in [2.75, 3.05) is 0 Å². The molecule has 3 atom stereocenters. The fraction of sp³-hybridized carbons (Fsp3) is 0.387. The van der Waals surface area contributed by atoms with Crippen molar-refractivity contribution in [1.82, 2.24) is 5.32 Å². The van der Waals surface area contributed by atoms with Crippen molar-refractivity contribution in [3.05, 3.63) is 80.6 Å². The van der Waals surface area contributed by atoms with E-state index in [1.807, 2.05) is 13.0 Å². The summed E-state index contributed by atoms with van der Waals surface area (Å²) in [5.41, 5.74) is 1.27. The molecule has 0 fully saturated rings. The second-order valence-corrected chi connectivity index (χ2v) is 11.0. The van der Waals surface area contributed by atoms with Gasteiger partial charge in [0.1, 0.15) is 17.3 Å². The van der Waals surface area contributed by atoms with Crippen LogP contribution >= 0.6 is 0 Å². The number of ketones is 3. The van der Waals surface area contributed by atoms with Crippen LogP contribution < -0.4 is 5.32 Å². The molecule has 3 aliphatic carbocycles. The molecule has 0 unspecified atom stereocenters. The molecule has 5 rings (SSSR count). The Bertz CT molecular complexity index is 1470. The molecule has 5 N–H and O–H groups in total. The summed E-state index contributed by atoms with van der Waals surface area (Å²) in [6.07, 6.45) is 1.59. The number of carbonyl (C=O) groups is 3. The Morgan fingerprint density at radius 3 is 2.38 bits per heavy atom. The number of aliphatic hydroxyl groups is 2. The van der Waals surface area contributed by atoms with Crippen LogP contribution in [-0.4, -0.2) is 43.4 Å². The topological polar surface area (TPSA) is 144 Å². The molecule has 0 aromatic heterocycles. The molecule has 204 valence electrons. The second kappa shape index (κ2) is 9.77. The zero-order valence-corrected chi connectivity index (χ0v) is 22.3. The van der Waals surface area contributed by atoms with Gasteiger partial charge in [-0.3, -0.25) is 14.4 Å². The average molecular weight is 532 g/mol. The summed E-state index contributed by atoms with van der Waals surface area (Å²) < 4.78 is 0. The van der Waals surface area contributed by atoms with Crippen LogP contribution in [0.3, 0.4) is 0 Å². The fourth-order valence-electron chi connectivity index (χ4n) is 6.64. The van der Waals surface area contributed by atoms with Crippen LogP contribution in [0.2, 0.25) is 0 Å². The van der Waals surface area contributed by atoms with Gasteiger partial charge in [-0.25, -0.2) is 0 Å². The molecule has 0 saturated carbocycles. The van der Waals surface area contributed by atoms with Gasteiger partial charge < -0.3 is 25.7 Å². The van der Waals surface area contributed by atoms with Crippen LogP contribution in [-0.2, 0) is 35.5 Å². The lowest BCUT2D eigenvalue weighted by molar-refractivity contribution is -0.143. The number of allylic oxidation sites excluding steroid dienone is 2. The number of nitrogens with one attached hydrogen (secondary N) is 1. The molecule has 0 aliphatic heterocycles. The zero-order chi connectivity index (χ0) is 28.2. The van der Waals surface area contributed by atoms with Crippen LogP contribution in [0.4, 0.5) is 0 Å². The number of Topliss-reactive ketones (excluding diaryl/α,β-unsaturated/α-hetero) is 3. The van der Waals surface area contributed by atoms with E-state index in [-0.39, 0.29) is 41.2 Å². The van der Waals surface area contributed by atoms with Gasteiger partial charge in [-0.05, 0) is 74.3 Å². The van der Waals surface area contributed by atoms with Crippen molar-refractivity contribution in [1.29, 1.82) is 0 Å². The van der Waals surface area contributed by atoms with Crippen LogP contribution in [0.15, 0.2) is 52.8 Å². The fourth-order valence-corrected chi connectivity index (χ4v) is 6.64. The SMILES string of the molecule is CCc1cc(CNCc2ccc(O)cc2)c(O)c2c1C[C@H]1C[C@H]3CC(C)=C(C(C)=O)C(=O)[C@@]3(O)C(O)=C1C2=O. The number of fused-ring (bicyclic) bond motifs is 3. The lowest BCUT2D eigenvalue weighted by Gasteiger charge is -2.46. The van der Waals surface area contributed by atoms with Crippen molar-refractivity contribution < 1.29 is 34.8 Å². The molecule has 0 spiro atoms. The summed E-state index contributed by atoms with van der Waals surface area (Å²) in [7, 11) is 0. The molecule has 39 heavy (non-hydrogen) atoms. The number of phenolic OH excluding ortho intramolecular Hbond substituents is 2. The highest BCUT2D eigenvalue weighted by molar-refractivity contribution is 6.25. The summed E-state index contributed by atoms with van der Waals surface area (Å²) in [6.45, 7) is 5.66. The number of phenols is 2. The predicted octanol–water partition coefficient (Wildman–Crippen LogP) is 3.75. The first-order chi connectivity index (χ1) is 18.5. The standard InChI is InChI=1S/C31H33NO7/c1-4-18-10-20(14-32-13-17-5-7-22(34)8-6-17)27(35)26-23(18)12-19-11-21-9-15(2)24(16(3)33)29(37)31(21,39)30(38)25(19)28(26)36/h5-8,10,19,21,32,34-35,38-39H,4,9,11-14H2,1-3H3/t19-,21-,31-/m1/s1. The molecule has 8 heteroatoms. The number of hydrogen-bond donors (Lipinski definition) is 5. The van der Waals surface area contributed by atoms with Gasteiger partial charge in [-0.15, -0.1) is 0 Å². The van der Waals surface area contributed by atoms with E-state index in [9.17, 15) is 34.8 Å². The molecular weight excluding hydrogens is 498 g/mol. The smallest absolute Gasteiger partial charge is 0.205 e. The molecular formula is C31H33NO7. The van der Waals surface area contributed by atoms with Crippen molar-refractivity contribution in [2.45, 2.75) is 65.1 Å². The lowest BCUT2D eigenvalue weighted by Crippen LogP contribution is -2.56. The van der Waals surface area contributed by atoms with E-state index in [1.54, 1.807) is 31.2 Å². The van der Waals surface area contributed by atoms with E-state index in [2.05, 4.69) is 5.32 Å². The largest absolute Gasteiger partial charge is 0.508 e. The van der Waals surface area contributed by atoms with Gasteiger partial charge >= 0.3 is 0 Å². The first-order valence-electron chi connectivity index (χ1n) is 13.3. The van der Waals surface area contributed by atoms with Gasteiger partial charge in [0, 0.05) is 30.1 Å². The number of carbonyl (C=O) groups excluding carboxylic acids is 3. The van der Waals surface area contributed by atoms with Gasteiger partial charge in [-0.2, -0.15) is 0 Å². The van der Waals surface area contributed by atoms with Crippen molar-refractivity contribution in [2.24, 2.45) is 11.8 Å². The van der Waals surface area contributed by atoms with Gasteiger partial charge in [0.15, 0.2) is 17.2 Å². The minimum absolute atomic E-state index is 0.0522. The summed E-state index contributed by atoms with van der Waals surface area (Å²) >= 11 is 0. The van der Waals surface area contributed by atoms with Crippen molar-refractivity contribution in [3.63, 3.8) is 0 Å². The minimum atomic E-state index is -2.34. The van der Waals surface area contributed by atoms with Gasteiger partial charge in [-0.1, -0.05) is 30.7 Å². The number of hydrogen-bond acceptors (Lipinski definition) is 8. The molecule has 8 nitrogen and oxygen atoms in total. The molecule has 0 radical (unpaired) electrons. The van der Waals surface area contributed by atoms with Crippen LogP contribution in [0.1, 0.15) is 66.2 Å². The van der Waals surface area contributed by atoms with Crippen molar-refractivity contribution >= 4 is 17.3 Å². The van der Waals surface area contributed by atoms with Crippen LogP contribution in [0.5, 0.6) is 11.5 Å². The van der Waals surface area contributed by atoms with E-state index >= 15 is 0 Å². The molecule has 2 aromatic rings. The molecule has 3 aliphatic rings. The first kappa shape index (κ1) is 26.8. The first-order valence-corrected chi connectivity index (χ1v) is 13.3. The number of rotatable bonds is 6. The second-order valence-electron chi connectivity index (χ2n) is 11.0. The maximum Gasteiger partial charge on any atom is 0.205 e. The molecule has 0 saturated heterocycles. The Hall–Kier alpha value is -3.75. The normalized spacial score (nSPS) is 24.4. The lowest BCUT2D eigenvalue weighted by atomic mass is 9.59. The molecule has 2 aromatic carbocycles. The third kappa shape index (κ3) is 4.19. The van der Waals surface area contributed by atoms with E-state index in [1.165, 1.54) is 6.92 Å². The third-order valence-electron chi connectivity index (χ3n) is 8.55. The van der Waals surface area contributed by atoms with Crippen LogP contribution in [0, 0.1) is 11.8 Å². The highest BCUT2D eigenvalue weighted by Gasteiger charge is 2.58. The number of aromatic hydroxyl groups is 2. The van der Waals surface area contributed by atoms with E-state index < -0.39 is 40.5 Å². The van der Waals surface area contributed by atoms with E-state index in [0.29, 0.717) is 36.9 Å². The maximum absolute atomic E-state index is 13.9. The number of benzene rings is 2. The predicted molar refractivity (Wildman–Crippen MR) is 143 cm³/mol. The van der Waals surface area contributed by atoms with Gasteiger partial charge in [0.2, 0.25) is 5.78 Å². The monoisotopic (exact) mass is 531 g/mol. The Balaban J connectivity index is 1.52. The Kier molecular flexibility index (Phi) is 6.73. The van der Waals surface area contributed by atoms with E-state index in [4.69, 9.17) is 0 Å². The Morgan fingerprint density at radius 1 is 1.05 bits per heavy atom. The summed E-state index contributed by atoms with van der Waals surface area (Å²) in [5.74, 6) is -3.73. The number of aryl methyl sites for hydroxylation is 1. The highest BCUT2D eigenvalue weighted by atomic mass is 16.3.